The van der Waals surface area contributed by atoms with Crippen molar-refractivity contribution in [1.82, 2.24) is 4.98 Å². The van der Waals surface area contributed by atoms with Gasteiger partial charge in [-0.25, -0.2) is 0 Å². The molecule has 3 aromatic rings. The van der Waals surface area contributed by atoms with Gasteiger partial charge < -0.3 is 9.88 Å². The second-order valence-electron chi connectivity index (χ2n) is 4.75. The maximum atomic E-state index is 3.28. The number of hydrogen-bond acceptors (Lipinski definition) is 1. The average Bonchev–Trinajstić information content (AvgIpc) is 3.05. The van der Waals surface area contributed by atoms with Gasteiger partial charge in [-0.1, -0.05) is 24.3 Å². The summed E-state index contributed by atoms with van der Waals surface area (Å²) in [5, 5.41) is 1.30. The van der Waals surface area contributed by atoms with Crippen LogP contribution in [0.5, 0.6) is 0 Å². The molecule has 0 amide bonds. The summed E-state index contributed by atoms with van der Waals surface area (Å²) in [6.07, 6.45) is 3.15. The molecular formula is C16H14N2. The van der Waals surface area contributed by atoms with E-state index in [0.717, 1.165) is 13.0 Å². The molecule has 1 aromatic heterocycles. The van der Waals surface area contributed by atoms with E-state index in [1.165, 1.54) is 27.8 Å². The fraction of sp³-hybridized carbons (Fsp3) is 0.125. The van der Waals surface area contributed by atoms with Gasteiger partial charge in [0.15, 0.2) is 0 Å². The van der Waals surface area contributed by atoms with E-state index in [-0.39, 0.29) is 0 Å². The molecule has 2 heteroatoms. The number of para-hydroxylation sites is 1. The van der Waals surface area contributed by atoms with Crippen molar-refractivity contribution in [2.45, 2.75) is 6.42 Å². The summed E-state index contributed by atoms with van der Waals surface area (Å²) in [5.41, 5.74) is 5.31. The molecule has 0 saturated carbocycles. The fourth-order valence-electron chi connectivity index (χ4n) is 2.89. The van der Waals surface area contributed by atoms with Crippen molar-refractivity contribution in [1.29, 1.82) is 0 Å². The first-order valence-corrected chi connectivity index (χ1v) is 6.35. The molecule has 4 rings (SSSR count). The molecule has 0 atom stereocenters. The summed E-state index contributed by atoms with van der Waals surface area (Å²) in [5.74, 6) is 0. The van der Waals surface area contributed by atoms with E-state index < -0.39 is 0 Å². The number of nitrogens with one attached hydrogen (secondary N) is 1. The van der Waals surface area contributed by atoms with Crippen LogP contribution in [0.25, 0.3) is 10.9 Å². The van der Waals surface area contributed by atoms with Crippen molar-refractivity contribution in [2.75, 3.05) is 11.4 Å². The maximum absolute atomic E-state index is 3.28. The Morgan fingerprint density at radius 1 is 0.889 bits per heavy atom. The lowest BCUT2D eigenvalue weighted by Crippen LogP contribution is -2.13. The summed E-state index contributed by atoms with van der Waals surface area (Å²) in [6, 6.07) is 17.3. The quantitative estimate of drug-likeness (QED) is 0.677. The van der Waals surface area contributed by atoms with Gasteiger partial charge in [0.1, 0.15) is 0 Å². The molecule has 0 aliphatic carbocycles. The van der Waals surface area contributed by atoms with Gasteiger partial charge in [0.25, 0.3) is 0 Å². The lowest BCUT2D eigenvalue weighted by Gasteiger charge is -2.20. The highest BCUT2D eigenvalue weighted by Crippen LogP contribution is 2.37. The number of nitrogens with zero attached hydrogens (tertiary/aromatic N) is 1. The van der Waals surface area contributed by atoms with Crippen LogP contribution in [0.15, 0.2) is 54.7 Å². The van der Waals surface area contributed by atoms with Gasteiger partial charge >= 0.3 is 0 Å². The maximum Gasteiger partial charge on any atom is 0.0506 e. The zero-order chi connectivity index (χ0) is 11.9. The predicted octanol–water partition coefficient (Wildman–Crippen LogP) is 3.86. The Morgan fingerprint density at radius 3 is 2.78 bits per heavy atom. The highest BCUT2D eigenvalue weighted by Gasteiger charge is 2.21. The largest absolute Gasteiger partial charge is 0.361 e. The van der Waals surface area contributed by atoms with Gasteiger partial charge in [-0.05, 0) is 36.2 Å². The normalized spacial score (nSPS) is 14.1. The van der Waals surface area contributed by atoms with Crippen molar-refractivity contribution in [3.05, 3.63) is 60.3 Å². The standard InChI is InChI=1S/C16H14N2/c1-2-6-15-12(4-1)9-11-18(15)16-7-3-5-14-13(16)8-10-17-14/h1-8,10,17H,9,11H2. The minimum absolute atomic E-state index is 1.07. The van der Waals surface area contributed by atoms with E-state index in [4.69, 9.17) is 0 Å². The molecule has 1 N–H and O–H groups in total. The van der Waals surface area contributed by atoms with Gasteiger partial charge in [0, 0.05) is 29.3 Å². The number of aromatic amines is 1. The third-order valence-electron chi connectivity index (χ3n) is 3.75. The number of anilines is 2. The molecular weight excluding hydrogens is 220 g/mol. The SMILES string of the molecule is c1ccc2c(c1)CCN2c1cccc2[nH]ccc12. The predicted molar refractivity (Wildman–Crippen MR) is 75.5 cm³/mol. The van der Waals surface area contributed by atoms with Crippen molar-refractivity contribution >= 4 is 22.3 Å². The molecule has 88 valence electrons. The molecule has 1 aliphatic rings. The van der Waals surface area contributed by atoms with Crippen LogP contribution < -0.4 is 4.90 Å². The Hall–Kier alpha value is -2.22. The highest BCUT2D eigenvalue weighted by molar-refractivity contribution is 5.95. The van der Waals surface area contributed by atoms with Crippen LogP contribution in [-0.2, 0) is 6.42 Å². The van der Waals surface area contributed by atoms with Crippen LogP contribution >= 0.6 is 0 Å². The van der Waals surface area contributed by atoms with Crippen LogP contribution in [0, 0.1) is 0 Å². The number of hydrogen-bond donors (Lipinski definition) is 1. The molecule has 0 radical (unpaired) electrons. The molecule has 0 bridgehead atoms. The van der Waals surface area contributed by atoms with Crippen LogP contribution in [0.3, 0.4) is 0 Å². The number of H-pyrrole nitrogens is 1. The van der Waals surface area contributed by atoms with E-state index in [9.17, 15) is 0 Å². The van der Waals surface area contributed by atoms with Gasteiger partial charge in [0.05, 0.1) is 5.69 Å². The third-order valence-corrected chi connectivity index (χ3v) is 3.75. The molecule has 2 nitrogen and oxygen atoms in total. The van der Waals surface area contributed by atoms with E-state index in [1.54, 1.807) is 0 Å². The van der Waals surface area contributed by atoms with Gasteiger partial charge in [0.2, 0.25) is 0 Å². The van der Waals surface area contributed by atoms with Crippen LogP contribution in [0.4, 0.5) is 11.4 Å². The molecule has 1 aliphatic heterocycles. The van der Waals surface area contributed by atoms with E-state index in [0.29, 0.717) is 0 Å². The molecule has 2 heterocycles. The van der Waals surface area contributed by atoms with Gasteiger partial charge in [-0.2, -0.15) is 0 Å². The van der Waals surface area contributed by atoms with E-state index in [1.807, 2.05) is 6.20 Å². The minimum Gasteiger partial charge on any atom is -0.361 e. The zero-order valence-electron chi connectivity index (χ0n) is 10.1. The van der Waals surface area contributed by atoms with E-state index in [2.05, 4.69) is 58.4 Å². The molecule has 18 heavy (non-hydrogen) atoms. The Kier molecular flexibility index (Phi) is 1.97. The number of rotatable bonds is 1. The first-order valence-electron chi connectivity index (χ1n) is 6.35. The Bertz CT molecular complexity index is 712. The molecule has 0 saturated heterocycles. The Morgan fingerprint density at radius 2 is 1.78 bits per heavy atom. The summed E-state index contributed by atoms with van der Waals surface area (Å²) < 4.78 is 0. The Balaban J connectivity index is 1.92. The minimum atomic E-state index is 1.07. The summed E-state index contributed by atoms with van der Waals surface area (Å²) in [7, 11) is 0. The third kappa shape index (κ3) is 1.29. The van der Waals surface area contributed by atoms with Crippen LogP contribution in [-0.4, -0.2) is 11.5 Å². The highest BCUT2D eigenvalue weighted by atomic mass is 15.2. The first kappa shape index (κ1) is 9.77. The second-order valence-corrected chi connectivity index (χ2v) is 4.75. The van der Waals surface area contributed by atoms with Crippen molar-refractivity contribution in [3.8, 4) is 0 Å². The summed E-state index contributed by atoms with van der Waals surface area (Å²) in [6.45, 7) is 1.07. The first-order chi connectivity index (χ1) is 8.93. The van der Waals surface area contributed by atoms with Crippen molar-refractivity contribution < 1.29 is 0 Å². The molecule has 0 fully saturated rings. The van der Waals surface area contributed by atoms with Crippen molar-refractivity contribution in [2.24, 2.45) is 0 Å². The number of benzene rings is 2. The monoisotopic (exact) mass is 234 g/mol. The topological polar surface area (TPSA) is 19.0 Å². The molecule has 2 aromatic carbocycles. The second kappa shape index (κ2) is 3.64. The molecule has 0 unspecified atom stereocenters. The van der Waals surface area contributed by atoms with Crippen LogP contribution in [0.2, 0.25) is 0 Å². The van der Waals surface area contributed by atoms with Gasteiger partial charge in [-0.3, -0.25) is 0 Å². The fourth-order valence-corrected chi connectivity index (χ4v) is 2.89. The lowest BCUT2D eigenvalue weighted by atomic mass is 10.1. The van der Waals surface area contributed by atoms with Crippen molar-refractivity contribution in [3.63, 3.8) is 0 Å². The average molecular weight is 234 g/mol. The van der Waals surface area contributed by atoms with Gasteiger partial charge in [-0.15, -0.1) is 0 Å². The zero-order valence-corrected chi connectivity index (χ0v) is 10.1. The lowest BCUT2D eigenvalue weighted by molar-refractivity contribution is 1.00. The summed E-state index contributed by atoms with van der Waals surface area (Å²) in [4.78, 5) is 5.70. The molecule has 0 spiro atoms. The smallest absolute Gasteiger partial charge is 0.0506 e. The summed E-state index contributed by atoms with van der Waals surface area (Å²) >= 11 is 0. The van der Waals surface area contributed by atoms with Crippen LogP contribution in [0.1, 0.15) is 5.56 Å². The Labute approximate surface area is 106 Å². The number of aromatic nitrogens is 1. The van der Waals surface area contributed by atoms with E-state index >= 15 is 0 Å². The number of fused-ring (bicyclic) bond motifs is 2.